The van der Waals surface area contributed by atoms with E-state index < -0.39 is 5.60 Å². The minimum absolute atomic E-state index is 0.143. The van der Waals surface area contributed by atoms with Crippen molar-refractivity contribution in [1.82, 2.24) is 4.90 Å². The molecule has 1 aromatic rings. The average molecular weight is 253 g/mol. The van der Waals surface area contributed by atoms with Gasteiger partial charge in [0.15, 0.2) is 5.78 Å². The topological polar surface area (TPSA) is 40.5 Å². The van der Waals surface area contributed by atoms with Crippen LogP contribution in [0.1, 0.15) is 35.4 Å². The SMILES string of the molecule is CN(CC(=O)c1cccs1)CC1(O)CCCC1. The van der Waals surface area contributed by atoms with E-state index in [1.807, 2.05) is 29.5 Å². The third-order valence-electron chi connectivity index (χ3n) is 3.31. The van der Waals surface area contributed by atoms with Crippen molar-refractivity contribution < 1.29 is 9.90 Å². The van der Waals surface area contributed by atoms with E-state index >= 15 is 0 Å². The van der Waals surface area contributed by atoms with Crippen LogP contribution in [0.3, 0.4) is 0 Å². The first-order chi connectivity index (χ1) is 8.09. The van der Waals surface area contributed by atoms with Crippen molar-refractivity contribution in [3.05, 3.63) is 22.4 Å². The van der Waals surface area contributed by atoms with Crippen molar-refractivity contribution in [3.63, 3.8) is 0 Å². The van der Waals surface area contributed by atoms with Crippen LogP contribution >= 0.6 is 11.3 Å². The van der Waals surface area contributed by atoms with Gasteiger partial charge in [-0.3, -0.25) is 9.69 Å². The van der Waals surface area contributed by atoms with Gasteiger partial charge in [0, 0.05) is 6.54 Å². The second-order valence-electron chi connectivity index (χ2n) is 5.00. The molecule has 0 saturated heterocycles. The van der Waals surface area contributed by atoms with Gasteiger partial charge < -0.3 is 5.11 Å². The minimum atomic E-state index is -0.565. The molecule has 0 bridgehead atoms. The van der Waals surface area contributed by atoms with Crippen molar-refractivity contribution in [2.45, 2.75) is 31.3 Å². The van der Waals surface area contributed by atoms with Crippen LogP contribution in [0.2, 0.25) is 0 Å². The quantitative estimate of drug-likeness (QED) is 0.818. The molecule has 0 unspecified atom stereocenters. The summed E-state index contributed by atoms with van der Waals surface area (Å²) >= 11 is 1.48. The number of hydrogen-bond donors (Lipinski definition) is 1. The standard InChI is InChI=1S/C13H19NO2S/c1-14(10-13(16)6-2-3-7-13)9-11(15)12-5-4-8-17-12/h4-5,8,16H,2-3,6-7,9-10H2,1H3. The van der Waals surface area contributed by atoms with E-state index in [-0.39, 0.29) is 5.78 Å². The van der Waals surface area contributed by atoms with Crippen molar-refractivity contribution in [2.24, 2.45) is 0 Å². The molecule has 0 atom stereocenters. The first-order valence-corrected chi connectivity index (χ1v) is 6.95. The lowest BCUT2D eigenvalue weighted by atomic mass is 10.0. The Morgan fingerprint density at radius 1 is 1.53 bits per heavy atom. The van der Waals surface area contributed by atoms with Crippen LogP contribution in [0.15, 0.2) is 17.5 Å². The summed E-state index contributed by atoms with van der Waals surface area (Å²) in [5, 5.41) is 12.2. The Morgan fingerprint density at radius 3 is 2.82 bits per heavy atom. The van der Waals surface area contributed by atoms with Gasteiger partial charge >= 0.3 is 0 Å². The average Bonchev–Trinajstić information content (AvgIpc) is 2.88. The van der Waals surface area contributed by atoms with Crippen LogP contribution in [0, 0.1) is 0 Å². The molecule has 1 fully saturated rings. The Labute approximate surface area is 106 Å². The summed E-state index contributed by atoms with van der Waals surface area (Å²) in [6.07, 6.45) is 3.93. The maximum atomic E-state index is 11.9. The largest absolute Gasteiger partial charge is 0.389 e. The Morgan fingerprint density at radius 2 is 2.24 bits per heavy atom. The van der Waals surface area contributed by atoms with Crippen LogP contribution in [0.25, 0.3) is 0 Å². The molecular weight excluding hydrogens is 234 g/mol. The summed E-state index contributed by atoms with van der Waals surface area (Å²) in [5.74, 6) is 0.143. The number of carbonyl (C=O) groups excluding carboxylic acids is 1. The number of Topliss-reactive ketones (excluding diaryl/α,β-unsaturated/α-hetero) is 1. The van der Waals surface area contributed by atoms with Crippen molar-refractivity contribution in [2.75, 3.05) is 20.1 Å². The van der Waals surface area contributed by atoms with Crippen LogP contribution in [-0.2, 0) is 0 Å². The molecule has 4 heteroatoms. The summed E-state index contributed by atoms with van der Waals surface area (Å²) in [4.78, 5) is 14.6. The van der Waals surface area contributed by atoms with Crippen molar-refractivity contribution in [1.29, 1.82) is 0 Å². The van der Waals surface area contributed by atoms with Crippen molar-refractivity contribution in [3.8, 4) is 0 Å². The normalized spacial score (nSPS) is 18.8. The Kier molecular flexibility index (Phi) is 3.97. The first kappa shape index (κ1) is 12.7. The second-order valence-corrected chi connectivity index (χ2v) is 5.95. The molecule has 0 aliphatic heterocycles. The van der Waals surface area contributed by atoms with Gasteiger partial charge in [-0.2, -0.15) is 0 Å². The van der Waals surface area contributed by atoms with Gasteiger partial charge in [-0.25, -0.2) is 0 Å². The smallest absolute Gasteiger partial charge is 0.186 e. The minimum Gasteiger partial charge on any atom is -0.389 e. The van der Waals surface area contributed by atoms with Gasteiger partial charge in [-0.05, 0) is 31.3 Å². The lowest BCUT2D eigenvalue weighted by molar-refractivity contribution is 0.0173. The van der Waals surface area contributed by atoms with Gasteiger partial charge in [0.25, 0.3) is 0 Å². The number of likely N-dealkylation sites (N-methyl/N-ethyl adjacent to an activating group) is 1. The van der Waals surface area contributed by atoms with E-state index in [4.69, 9.17) is 0 Å². The lowest BCUT2D eigenvalue weighted by Gasteiger charge is -2.27. The zero-order chi connectivity index (χ0) is 12.3. The molecule has 1 saturated carbocycles. The van der Waals surface area contributed by atoms with E-state index in [0.717, 1.165) is 30.6 Å². The third-order valence-corrected chi connectivity index (χ3v) is 4.22. The Balaban J connectivity index is 1.85. The molecule has 2 rings (SSSR count). The van der Waals surface area contributed by atoms with Gasteiger partial charge in [-0.1, -0.05) is 18.9 Å². The molecule has 1 aliphatic carbocycles. The van der Waals surface area contributed by atoms with E-state index in [2.05, 4.69) is 0 Å². The molecule has 3 nitrogen and oxygen atoms in total. The Hall–Kier alpha value is -0.710. The predicted octanol–water partition coefficient (Wildman–Crippen LogP) is 2.17. The van der Waals surface area contributed by atoms with Gasteiger partial charge in [0.05, 0.1) is 17.0 Å². The van der Waals surface area contributed by atoms with Crippen LogP contribution in [0.5, 0.6) is 0 Å². The molecule has 1 N–H and O–H groups in total. The molecule has 0 aromatic carbocycles. The fourth-order valence-electron chi connectivity index (χ4n) is 2.51. The number of thiophene rings is 1. The fourth-order valence-corrected chi connectivity index (χ4v) is 3.17. The molecule has 0 radical (unpaired) electrons. The molecule has 0 spiro atoms. The molecule has 1 aliphatic rings. The zero-order valence-corrected chi connectivity index (χ0v) is 11.0. The summed E-state index contributed by atoms with van der Waals surface area (Å²) in [7, 11) is 1.90. The van der Waals surface area contributed by atoms with Crippen molar-refractivity contribution >= 4 is 17.1 Å². The summed E-state index contributed by atoms with van der Waals surface area (Å²) in [5.41, 5.74) is -0.565. The predicted molar refractivity (Wildman–Crippen MR) is 69.6 cm³/mol. The third kappa shape index (κ3) is 3.37. The van der Waals surface area contributed by atoms with E-state index in [1.165, 1.54) is 11.3 Å². The maximum absolute atomic E-state index is 11.9. The molecule has 1 heterocycles. The van der Waals surface area contributed by atoms with Crippen LogP contribution in [0.4, 0.5) is 0 Å². The molecule has 1 aromatic heterocycles. The number of nitrogens with zero attached hydrogens (tertiary/aromatic N) is 1. The van der Waals surface area contributed by atoms with E-state index in [9.17, 15) is 9.90 Å². The molecule has 94 valence electrons. The van der Waals surface area contributed by atoms with Gasteiger partial charge in [0.1, 0.15) is 0 Å². The monoisotopic (exact) mass is 253 g/mol. The van der Waals surface area contributed by atoms with Gasteiger partial charge in [-0.15, -0.1) is 11.3 Å². The summed E-state index contributed by atoms with van der Waals surface area (Å²) in [6, 6.07) is 3.74. The summed E-state index contributed by atoms with van der Waals surface area (Å²) in [6.45, 7) is 0.993. The zero-order valence-electron chi connectivity index (χ0n) is 10.2. The first-order valence-electron chi connectivity index (χ1n) is 6.07. The Bertz CT molecular complexity index is 369. The van der Waals surface area contributed by atoms with Gasteiger partial charge in [0.2, 0.25) is 0 Å². The summed E-state index contributed by atoms with van der Waals surface area (Å²) < 4.78 is 0. The molecular formula is C13H19NO2S. The molecule has 0 amide bonds. The highest BCUT2D eigenvalue weighted by Gasteiger charge is 2.32. The van der Waals surface area contributed by atoms with Crippen LogP contribution in [-0.4, -0.2) is 41.5 Å². The highest BCUT2D eigenvalue weighted by molar-refractivity contribution is 7.12. The number of ketones is 1. The number of aliphatic hydroxyl groups is 1. The highest BCUT2D eigenvalue weighted by atomic mass is 32.1. The maximum Gasteiger partial charge on any atom is 0.186 e. The number of carbonyl (C=O) groups is 1. The second kappa shape index (κ2) is 5.29. The fraction of sp³-hybridized carbons (Fsp3) is 0.615. The highest BCUT2D eigenvalue weighted by Crippen LogP contribution is 2.29. The number of rotatable bonds is 5. The number of hydrogen-bond acceptors (Lipinski definition) is 4. The molecule has 17 heavy (non-hydrogen) atoms. The van der Waals surface area contributed by atoms with E-state index in [0.29, 0.717) is 13.1 Å². The lowest BCUT2D eigenvalue weighted by Crippen LogP contribution is -2.41. The van der Waals surface area contributed by atoms with E-state index in [1.54, 1.807) is 0 Å². The van der Waals surface area contributed by atoms with Crippen LogP contribution < -0.4 is 0 Å².